The highest BCUT2D eigenvalue weighted by Crippen LogP contribution is 2.28. The van der Waals surface area contributed by atoms with Crippen molar-refractivity contribution in [2.75, 3.05) is 10.8 Å². The number of halogens is 3. The highest BCUT2D eigenvalue weighted by atomic mass is 35.5. The van der Waals surface area contributed by atoms with Gasteiger partial charge in [-0.15, -0.1) is 0 Å². The number of hydrogen-bond donors (Lipinski definition) is 1. The van der Waals surface area contributed by atoms with Gasteiger partial charge in [-0.3, -0.25) is 13.9 Å². The van der Waals surface area contributed by atoms with Crippen LogP contribution in [0, 0.1) is 11.6 Å². The average Bonchev–Trinajstić information content (AvgIpc) is 3.46. The van der Waals surface area contributed by atoms with Crippen LogP contribution in [0.4, 0.5) is 14.5 Å². The zero-order chi connectivity index (χ0) is 28.9. The van der Waals surface area contributed by atoms with Crippen molar-refractivity contribution in [2.45, 2.75) is 56.1 Å². The molecule has 40 heavy (non-hydrogen) atoms. The van der Waals surface area contributed by atoms with Crippen LogP contribution in [-0.4, -0.2) is 43.8 Å². The lowest BCUT2D eigenvalue weighted by Crippen LogP contribution is -2.52. The second-order valence-electron chi connectivity index (χ2n) is 9.70. The van der Waals surface area contributed by atoms with Crippen LogP contribution in [0.1, 0.15) is 38.2 Å². The fraction of sp³-hybridized carbons (Fsp3) is 0.310. The highest BCUT2D eigenvalue weighted by Gasteiger charge is 2.34. The Morgan fingerprint density at radius 3 is 2.27 bits per heavy atom. The van der Waals surface area contributed by atoms with E-state index in [2.05, 4.69) is 5.32 Å². The van der Waals surface area contributed by atoms with Gasteiger partial charge in [0.2, 0.25) is 11.8 Å². The third-order valence-electron chi connectivity index (χ3n) is 6.97. The van der Waals surface area contributed by atoms with Crippen molar-refractivity contribution in [1.82, 2.24) is 10.2 Å². The summed E-state index contributed by atoms with van der Waals surface area (Å²) < 4.78 is 56.8. The van der Waals surface area contributed by atoms with Gasteiger partial charge in [0, 0.05) is 18.2 Å². The van der Waals surface area contributed by atoms with E-state index >= 15 is 0 Å². The summed E-state index contributed by atoms with van der Waals surface area (Å²) in [5.74, 6) is -2.49. The molecule has 1 aliphatic carbocycles. The molecule has 0 saturated heterocycles. The maximum atomic E-state index is 14.6. The van der Waals surface area contributed by atoms with Gasteiger partial charge in [0.15, 0.2) is 0 Å². The van der Waals surface area contributed by atoms with Gasteiger partial charge in [0.25, 0.3) is 10.0 Å². The Labute approximate surface area is 237 Å². The van der Waals surface area contributed by atoms with Crippen LogP contribution in [0.5, 0.6) is 0 Å². The summed E-state index contributed by atoms with van der Waals surface area (Å²) in [5, 5.41) is 2.62. The lowest BCUT2D eigenvalue weighted by Gasteiger charge is -2.32. The molecule has 0 heterocycles. The molecule has 0 radical (unpaired) electrons. The van der Waals surface area contributed by atoms with Crippen LogP contribution in [0.15, 0.2) is 77.7 Å². The highest BCUT2D eigenvalue weighted by molar-refractivity contribution is 7.92. The first kappa shape index (κ1) is 29.5. The predicted molar refractivity (Wildman–Crippen MR) is 149 cm³/mol. The molecule has 2 amide bonds. The van der Waals surface area contributed by atoms with Crippen LogP contribution in [0.3, 0.4) is 0 Å². The molecular weight excluding hydrogens is 560 g/mol. The van der Waals surface area contributed by atoms with Gasteiger partial charge >= 0.3 is 0 Å². The van der Waals surface area contributed by atoms with Crippen molar-refractivity contribution in [3.05, 3.63) is 95.0 Å². The summed E-state index contributed by atoms with van der Waals surface area (Å²) in [4.78, 5) is 28.1. The SMILES string of the molecule is C[C@H](C(=O)NC1CCCC1)N(Cc1ccccc1F)C(=O)CN(c1ccc(F)c(Cl)c1)S(=O)(=O)c1ccccc1. The van der Waals surface area contributed by atoms with E-state index in [-0.39, 0.29) is 33.8 Å². The maximum Gasteiger partial charge on any atom is 0.264 e. The normalized spacial score (nSPS) is 14.5. The molecule has 212 valence electrons. The van der Waals surface area contributed by atoms with Crippen molar-refractivity contribution in [3.63, 3.8) is 0 Å². The van der Waals surface area contributed by atoms with Gasteiger partial charge in [-0.25, -0.2) is 17.2 Å². The van der Waals surface area contributed by atoms with E-state index in [1.165, 1.54) is 55.5 Å². The Balaban J connectivity index is 1.70. The number of nitrogens with zero attached hydrogens (tertiary/aromatic N) is 2. The first-order valence-corrected chi connectivity index (χ1v) is 14.8. The fourth-order valence-electron chi connectivity index (χ4n) is 4.67. The lowest BCUT2D eigenvalue weighted by molar-refractivity contribution is -0.139. The quantitative estimate of drug-likeness (QED) is 0.348. The van der Waals surface area contributed by atoms with E-state index in [1.807, 2.05) is 0 Å². The Morgan fingerprint density at radius 2 is 1.62 bits per heavy atom. The van der Waals surface area contributed by atoms with Crippen LogP contribution >= 0.6 is 11.6 Å². The molecule has 3 aromatic rings. The second-order valence-corrected chi connectivity index (χ2v) is 12.0. The van der Waals surface area contributed by atoms with Gasteiger partial charge in [-0.05, 0) is 56.2 Å². The summed E-state index contributed by atoms with van der Waals surface area (Å²) in [6.07, 6.45) is 3.63. The number of hydrogen-bond acceptors (Lipinski definition) is 4. The third kappa shape index (κ3) is 6.79. The maximum absolute atomic E-state index is 14.6. The first-order valence-electron chi connectivity index (χ1n) is 12.9. The molecule has 0 aliphatic heterocycles. The molecule has 0 bridgehead atoms. The minimum Gasteiger partial charge on any atom is -0.352 e. The van der Waals surface area contributed by atoms with Crippen molar-refractivity contribution >= 4 is 39.1 Å². The van der Waals surface area contributed by atoms with E-state index in [9.17, 15) is 26.8 Å². The summed E-state index contributed by atoms with van der Waals surface area (Å²) in [7, 11) is -4.33. The third-order valence-corrected chi connectivity index (χ3v) is 9.05. The monoisotopic (exact) mass is 589 g/mol. The van der Waals surface area contributed by atoms with Gasteiger partial charge in [0.05, 0.1) is 15.6 Å². The zero-order valence-corrected chi connectivity index (χ0v) is 23.5. The molecular formula is C29H30ClF2N3O4S. The number of rotatable bonds is 10. The molecule has 1 fully saturated rings. The minimum absolute atomic E-state index is 0.0170. The molecule has 0 spiro atoms. The van der Waals surface area contributed by atoms with E-state index in [0.29, 0.717) is 0 Å². The Hall–Kier alpha value is -3.50. The molecule has 1 saturated carbocycles. The van der Waals surface area contributed by atoms with Gasteiger partial charge in [-0.1, -0.05) is 60.8 Å². The Bertz CT molecular complexity index is 1470. The smallest absolute Gasteiger partial charge is 0.264 e. The number of amides is 2. The van der Waals surface area contributed by atoms with Crippen LogP contribution < -0.4 is 9.62 Å². The van der Waals surface area contributed by atoms with Crippen molar-refractivity contribution < 1.29 is 26.8 Å². The topological polar surface area (TPSA) is 86.8 Å². The van der Waals surface area contributed by atoms with E-state index in [0.717, 1.165) is 47.0 Å². The van der Waals surface area contributed by atoms with Crippen molar-refractivity contribution in [1.29, 1.82) is 0 Å². The molecule has 0 aromatic heterocycles. The van der Waals surface area contributed by atoms with Gasteiger partial charge in [0.1, 0.15) is 24.2 Å². The van der Waals surface area contributed by atoms with E-state index < -0.39 is 46.1 Å². The number of benzene rings is 3. The number of sulfonamides is 1. The Morgan fingerprint density at radius 1 is 0.975 bits per heavy atom. The second kappa shape index (κ2) is 12.8. The van der Waals surface area contributed by atoms with Crippen molar-refractivity contribution in [2.24, 2.45) is 0 Å². The van der Waals surface area contributed by atoms with E-state index in [1.54, 1.807) is 12.1 Å². The molecule has 1 aliphatic rings. The summed E-state index contributed by atoms with van der Waals surface area (Å²) in [5.41, 5.74) is 0.121. The van der Waals surface area contributed by atoms with Crippen molar-refractivity contribution in [3.8, 4) is 0 Å². The molecule has 7 nitrogen and oxygen atoms in total. The largest absolute Gasteiger partial charge is 0.352 e. The molecule has 4 rings (SSSR count). The van der Waals surface area contributed by atoms with Crippen LogP contribution in [-0.2, 0) is 26.2 Å². The zero-order valence-electron chi connectivity index (χ0n) is 21.9. The Kier molecular flexibility index (Phi) is 9.42. The summed E-state index contributed by atoms with van der Waals surface area (Å²) in [6.45, 7) is 0.511. The van der Waals surface area contributed by atoms with Crippen LogP contribution in [0.25, 0.3) is 0 Å². The molecule has 3 aromatic carbocycles. The van der Waals surface area contributed by atoms with Gasteiger partial charge in [-0.2, -0.15) is 0 Å². The fourth-order valence-corrected chi connectivity index (χ4v) is 6.28. The number of carbonyl (C=O) groups excluding carboxylic acids is 2. The standard InChI is InChI=1S/C29H30ClF2N3O4S/c1-20(29(37)33-22-10-6-7-11-22)34(18-21-9-5-8-14-26(21)31)28(36)19-35(23-15-16-27(32)25(30)17-23)40(38,39)24-12-3-2-4-13-24/h2-5,8-9,12-17,20,22H,6-7,10-11,18-19H2,1H3,(H,33,37)/t20-/m1/s1. The number of carbonyl (C=O) groups is 2. The predicted octanol–water partition coefficient (Wildman–Crippen LogP) is 5.29. The lowest BCUT2D eigenvalue weighted by atomic mass is 10.1. The molecule has 11 heteroatoms. The molecule has 0 unspecified atom stereocenters. The summed E-state index contributed by atoms with van der Waals surface area (Å²) >= 11 is 5.96. The first-order chi connectivity index (χ1) is 19.1. The number of anilines is 1. The average molecular weight is 590 g/mol. The minimum atomic E-state index is -4.33. The number of nitrogens with one attached hydrogen (secondary N) is 1. The molecule has 1 atom stereocenters. The van der Waals surface area contributed by atoms with E-state index in [4.69, 9.17) is 11.6 Å². The summed E-state index contributed by atoms with van der Waals surface area (Å²) in [6, 6.07) is 15.6. The molecule has 1 N–H and O–H groups in total. The van der Waals surface area contributed by atoms with Gasteiger partial charge < -0.3 is 10.2 Å². The van der Waals surface area contributed by atoms with Crippen LogP contribution in [0.2, 0.25) is 5.02 Å².